The van der Waals surface area contributed by atoms with Crippen LogP contribution in [0.1, 0.15) is 0 Å². The number of aliphatic hydroxyl groups excluding tert-OH is 1. The standard InChI is InChI=1S/C7H9F2NO/c8-5-1-2-6(11)4(3-10)7(5)9/h1-2,4,6,11H,3,10H2/t4-,6?/m1/s1. The van der Waals surface area contributed by atoms with Gasteiger partial charge in [0.1, 0.15) is 5.83 Å². The van der Waals surface area contributed by atoms with Crippen molar-refractivity contribution in [2.24, 2.45) is 11.7 Å². The highest BCUT2D eigenvalue weighted by molar-refractivity contribution is 5.25. The molecule has 2 atom stereocenters. The van der Waals surface area contributed by atoms with Gasteiger partial charge < -0.3 is 10.8 Å². The topological polar surface area (TPSA) is 46.2 Å². The molecule has 0 aromatic heterocycles. The molecule has 0 amide bonds. The third kappa shape index (κ3) is 1.46. The Labute approximate surface area is 63.0 Å². The molecule has 2 nitrogen and oxygen atoms in total. The van der Waals surface area contributed by atoms with Gasteiger partial charge in [0.05, 0.1) is 12.0 Å². The van der Waals surface area contributed by atoms with Gasteiger partial charge in [-0.1, -0.05) is 6.08 Å². The lowest BCUT2D eigenvalue weighted by Gasteiger charge is -2.19. The van der Waals surface area contributed by atoms with E-state index in [0.717, 1.165) is 6.08 Å². The molecule has 0 aromatic rings. The second-order valence-electron chi connectivity index (χ2n) is 2.39. The van der Waals surface area contributed by atoms with Gasteiger partial charge in [-0.3, -0.25) is 0 Å². The minimum absolute atomic E-state index is 0.0925. The average molecular weight is 161 g/mol. The molecule has 3 N–H and O–H groups in total. The van der Waals surface area contributed by atoms with Gasteiger partial charge in [0, 0.05) is 6.54 Å². The first-order chi connectivity index (χ1) is 5.16. The first kappa shape index (κ1) is 8.36. The maximum atomic E-state index is 12.7. The fraction of sp³-hybridized carbons (Fsp3) is 0.429. The summed E-state index contributed by atoms with van der Waals surface area (Å²) < 4.78 is 25.1. The van der Waals surface area contributed by atoms with E-state index in [2.05, 4.69) is 0 Å². The van der Waals surface area contributed by atoms with Crippen LogP contribution in [-0.4, -0.2) is 17.8 Å². The smallest absolute Gasteiger partial charge is 0.154 e. The van der Waals surface area contributed by atoms with Crippen LogP contribution in [0.15, 0.2) is 23.8 Å². The number of hydrogen-bond acceptors (Lipinski definition) is 2. The zero-order valence-corrected chi connectivity index (χ0v) is 5.80. The van der Waals surface area contributed by atoms with E-state index in [1.54, 1.807) is 0 Å². The molecular formula is C7H9F2NO. The first-order valence-corrected chi connectivity index (χ1v) is 3.28. The molecule has 0 saturated heterocycles. The fourth-order valence-corrected chi connectivity index (χ4v) is 0.967. The summed E-state index contributed by atoms with van der Waals surface area (Å²) in [5.41, 5.74) is 5.11. The van der Waals surface area contributed by atoms with Crippen LogP contribution in [0.2, 0.25) is 0 Å². The molecule has 4 heteroatoms. The van der Waals surface area contributed by atoms with Crippen molar-refractivity contribution in [3.63, 3.8) is 0 Å². The fourth-order valence-electron chi connectivity index (χ4n) is 0.967. The number of hydrogen-bond donors (Lipinski definition) is 2. The molecular weight excluding hydrogens is 152 g/mol. The third-order valence-electron chi connectivity index (χ3n) is 1.66. The number of halogens is 2. The summed E-state index contributed by atoms with van der Waals surface area (Å²) in [6, 6.07) is 0. The molecule has 1 rings (SSSR count). The third-order valence-corrected chi connectivity index (χ3v) is 1.66. The van der Waals surface area contributed by atoms with Crippen molar-refractivity contribution in [1.82, 2.24) is 0 Å². The van der Waals surface area contributed by atoms with Gasteiger partial charge in [-0.05, 0) is 6.08 Å². The Morgan fingerprint density at radius 1 is 1.55 bits per heavy atom. The molecule has 0 heterocycles. The van der Waals surface area contributed by atoms with Gasteiger partial charge >= 0.3 is 0 Å². The van der Waals surface area contributed by atoms with Crippen LogP contribution in [0, 0.1) is 5.92 Å². The molecule has 0 saturated carbocycles. The lowest BCUT2D eigenvalue weighted by atomic mass is 9.96. The summed E-state index contributed by atoms with van der Waals surface area (Å²) in [6.07, 6.45) is 1.10. The van der Waals surface area contributed by atoms with E-state index in [1.165, 1.54) is 6.08 Å². The van der Waals surface area contributed by atoms with Crippen molar-refractivity contribution in [2.75, 3.05) is 6.54 Å². The Kier molecular flexibility index (Phi) is 2.36. The Bertz CT molecular complexity index is 212. The zero-order chi connectivity index (χ0) is 8.43. The SMILES string of the molecule is NC[C@H]1C(F)=C(F)C=CC1O. The van der Waals surface area contributed by atoms with Crippen LogP contribution in [-0.2, 0) is 0 Å². The molecule has 1 aliphatic rings. The predicted molar refractivity (Wildman–Crippen MR) is 36.9 cm³/mol. The van der Waals surface area contributed by atoms with Crippen LogP contribution < -0.4 is 5.73 Å². The van der Waals surface area contributed by atoms with Crippen LogP contribution >= 0.6 is 0 Å². The Morgan fingerprint density at radius 3 is 2.64 bits per heavy atom. The molecule has 1 unspecified atom stereocenters. The molecule has 0 fully saturated rings. The number of aliphatic hydroxyl groups is 1. The first-order valence-electron chi connectivity index (χ1n) is 3.28. The van der Waals surface area contributed by atoms with Crippen LogP contribution in [0.5, 0.6) is 0 Å². The van der Waals surface area contributed by atoms with Crippen molar-refractivity contribution in [3.8, 4) is 0 Å². The van der Waals surface area contributed by atoms with Crippen LogP contribution in [0.25, 0.3) is 0 Å². The molecule has 0 aromatic carbocycles. The van der Waals surface area contributed by atoms with E-state index in [9.17, 15) is 8.78 Å². The Hall–Kier alpha value is -0.740. The van der Waals surface area contributed by atoms with E-state index in [-0.39, 0.29) is 6.54 Å². The average Bonchev–Trinajstić information content (AvgIpc) is 1.99. The van der Waals surface area contributed by atoms with E-state index in [0.29, 0.717) is 0 Å². The molecule has 0 aliphatic heterocycles. The van der Waals surface area contributed by atoms with Gasteiger partial charge in [-0.2, -0.15) is 0 Å². The maximum Gasteiger partial charge on any atom is 0.154 e. The molecule has 62 valence electrons. The normalized spacial score (nSPS) is 31.3. The van der Waals surface area contributed by atoms with E-state index in [4.69, 9.17) is 10.8 Å². The predicted octanol–water partition coefficient (Wildman–Crippen LogP) is 0.643. The summed E-state index contributed by atoms with van der Waals surface area (Å²) in [5, 5.41) is 9.05. The van der Waals surface area contributed by atoms with Crippen molar-refractivity contribution >= 4 is 0 Å². The summed E-state index contributed by atoms with van der Waals surface area (Å²) in [7, 11) is 0. The van der Waals surface area contributed by atoms with Gasteiger partial charge in [0.2, 0.25) is 0 Å². The van der Waals surface area contributed by atoms with Crippen molar-refractivity contribution < 1.29 is 13.9 Å². The highest BCUT2D eigenvalue weighted by Crippen LogP contribution is 2.26. The lowest BCUT2D eigenvalue weighted by molar-refractivity contribution is 0.154. The minimum atomic E-state index is -1.00. The van der Waals surface area contributed by atoms with Crippen molar-refractivity contribution in [3.05, 3.63) is 23.8 Å². The highest BCUT2D eigenvalue weighted by Gasteiger charge is 2.26. The van der Waals surface area contributed by atoms with Crippen molar-refractivity contribution in [1.29, 1.82) is 0 Å². The van der Waals surface area contributed by atoms with Gasteiger partial charge in [0.15, 0.2) is 5.83 Å². The number of nitrogens with two attached hydrogens (primary N) is 1. The molecule has 0 radical (unpaired) electrons. The van der Waals surface area contributed by atoms with Crippen LogP contribution in [0.4, 0.5) is 8.78 Å². The van der Waals surface area contributed by atoms with Gasteiger partial charge in [0.25, 0.3) is 0 Å². The van der Waals surface area contributed by atoms with E-state index >= 15 is 0 Å². The zero-order valence-electron chi connectivity index (χ0n) is 5.80. The maximum absolute atomic E-state index is 12.7. The Balaban J connectivity index is 2.87. The van der Waals surface area contributed by atoms with Gasteiger partial charge in [-0.15, -0.1) is 0 Å². The second kappa shape index (κ2) is 3.11. The molecule has 1 aliphatic carbocycles. The lowest BCUT2D eigenvalue weighted by Crippen LogP contribution is -2.29. The summed E-state index contributed by atoms with van der Waals surface area (Å²) in [5.74, 6) is -2.81. The van der Waals surface area contributed by atoms with Crippen LogP contribution in [0.3, 0.4) is 0 Å². The van der Waals surface area contributed by atoms with E-state index < -0.39 is 23.7 Å². The largest absolute Gasteiger partial charge is 0.388 e. The van der Waals surface area contributed by atoms with Gasteiger partial charge in [-0.25, -0.2) is 8.78 Å². The monoisotopic (exact) mass is 161 g/mol. The summed E-state index contributed by atoms with van der Waals surface area (Å²) in [6.45, 7) is -0.0925. The second-order valence-corrected chi connectivity index (χ2v) is 2.39. The molecule has 0 bridgehead atoms. The number of allylic oxidation sites excluding steroid dienone is 2. The van der Waals surface area contributed by atoms with Crippen molar-refractivity contribution in [2.45, 2.75) is 6.10 Å². The number of rotatable bonds is 1. The molecule has 0 spiro atoms. The Morgan fingerprint density at radius 2 is 2.18 bits per heavy atom. The minimum Gasteiger partial charge on any atom is -0.388 e. The highest BCUT2D eigenvalue weighted by atomic mass is 19.2. The summed E-state index contributed by atoms with van der Waals surface area (Å²) in [4.78, 5) is 0. The molecule has 11 heavy (non-hydrogen) atoms. The van der Waals surface area contributed by atoms with E-state index in [1.807, 2.05) is 0 Å². The quantitative estimate of drug-likeness (QED) is 0.593. The summed E-state index contributed by atoms with van der Waals surface area (Å²) >= 11 is 0.